The Kier molecular flexibility index (Phi) is 6.58. The third-order valence-electron chi connectivity index (χ3n) is 2.99. The third kappa shape index (κ3) is 6.30. The molecular formula is C16H20N6O2S. The number of benzene rings is 1. The fourth-order valence-corrected chi connectivity index (χ4v) is 2.06. The first-order chi connectivity index (χ1) is 12.0. The number of thiocarbonyl (C=S) groups is 1. The Morgan fingerprint density at radius 2 is 2.08 bits per heavy atom. The molecule has 0 radical (unpaired) electrons. The Morgan fingerprint density at radius 3 is 2.72 bits per heavy atom. The molecule has 8 nitrogen and oxygen atoms in total. The smallest absolute Gasteiger partial charge is 0.269 e. The van der Waals surface area contributed by atoms with Crippen molar-refractivity contribution in [2.75, 3.05) is 12.4 Å². The Balaban J connectivity index is 1.83. The number of methoxy groups -OCH3 is 1. The van der Waals surface area contributed by atoms with Crippen LogP contribution in [0.2, 0.25) is 0 Å². The van der Waals surface area contributed by atoms with Crippen molar-refractivity contribution in [3.05, 3.63) is 35.9 Å². The van der Waals surface area contributed by atoms with Crippen LogP contribution >= 0.6 is 12.2 Å². The summed E-state index contributed by atoms with van der Waals surface area (Å²) in [5, 5.41) is 17.2. The normalized spacial score (nSPS) is 10.9. The van der Waals surface area contributed by atoms with Crippen LogP contribution in [0.25, 0.3) is 6.08 Å². The topological polar surface area (TPSA) is 94.0 Å². The second kappa shape index (κ2) is 8.88. The van der Waals surface area contributed by atoms with E-state index in [1.807, 2.05) is 24.3 Å². The lowest BCUT2D eigenvalue weighted by Gasteiger charge is -2.04. The molecule has 2 aromatic rings. The van der Waals surface area contributed by atoms with E-state index in [9.17, 15) is 4.79 Å². The van der Waals surface area contributed by atoms with Gasteiger partial charge in [0.1, 0.15) is 5.75 Å². The van der Waals surface area contributed by atoms with E-state index in [0.717, 1.165) is 11.3 Å². The standard InChI is InChI=1S/C16H20N6O2S/c1-11(2)10-22-20-15(19-21-22)18-16(25)17-14(23)9-6-12-4-7-13(24-3)8-5-12/h4-9,11H,10H2,1-3H3,(H2,17,18,20,23,25)/b9-6+. The van der Waals surface area contributed by atoms with Gasteiger partial charge in [-0.25, -0.2) is 0 Å². The second-order valence-corrected chi connectivity index (χ2v) is 6.02. The zero-order valence-electron chi connectivity index (χ0n) is 14.3. The van der Waals surface area contributed by atoms with Crippen LogP contribution in [0, 0.1) is 5.92 Å². The number of anilines is 1. The van der Waals surface area contributed by atoms with E-state index in [2.05, 4.69) is 39.9 Å². The van der Waals surface area contributed by atoms with Crippen molar-refractivity contribution in [1.82, 2.24) is 25.5 Å². The largest absolute Gasteiger partial charge is 0.497 e. The van der Waals surface area contributed by atoms with Crippen molar-refractivity contribution in [2.45, 2.75) is 20.4 Å². The van der Waals surface area contributed by atoms with Crippen LogP contribution in [0.15, 0.2) is 30.3 Å². The predicted molar refractivity (Wildman–Crippen MR) is 99.0 cm³/mol. The summed E-state index contributed by atoms with van der Waals surface area (Å²) in [4.78, 5) is 13.4. The minimum Gasteiger partial charge on any atom is -0.497 e. The molecule has 25 heavy (non-hydrogen) atoms. The lowest BCUT2D eigenvalue weighted by molar-refractivity contribution is -0.115. The number of tetrazole rings is 1. The maximum atomic E-state index is 11.9. The highest BCUT2D eigenvalue weighted by Crippen LogP contribution is 2.12. The predicted octanol–water partition coefficient (Wildman–Crippen LogP) is 1.86. The van der Waals surface area contributed by atoms with E-state index < -0.39 is 0 Å². The lowest BCUT2D eigenvalue weighted by Crippen LogP contribution is -2.33. The van der Waals surface area contributed by atoms with Crippen LogP contribution in [0.5, 0.6) is 5.75 Å². The van der Waals surface area contributed by atoms with Gasteiger partial charge in [0.15, 0.2) is 5.11 Å². The lowest BCUT2D eigenvalue weighted by atomic mass is 10.2. The number of nitrogens with zero attached hydrogens (tertiary/aromatic N) is 4. The monoisotopic (exact) mass is 360 g/mol. The van der Waals surface area contributed by atoms with Crippen molar-refractivity contribution >= 4 is 35.3 Å². The van der Waals surface area contributed by atoms with Gasteiger partial charge in [-0.3, -0.25) is 15.4 Å². The first-order valence-corrected chi connectivity index (χ1v) is 8.09. The molecule has 132 valence electrons. The van der Waals surface area contributed by atoms with Gasteiger partial charge < -0.3 is 4.74 Å². The molecule has 0 atom stereocenters. The molecule has 2 rings (SSSR count). The number of aromatic nitrogens is 4. The second-order valence-electron chi connectivity index (χ2n) is 5.61. The van der Waals surface area contributed by atoms with Gasteiger partial charge in [-0.05, 0) is 47.1 Å². The van der Waals surface area contributed by atoms with Crippen LogP contribution in [-0.2, 0) is 11.3 Å². The summed E-state index contributed by atoms with van der Waals surface area (Å²) in [7, 11) is 1.60. The van der Waals surface area contributed by atoms with Crippen LogP contribution < -0.4 is 15.4 Å². The molecule has 0 spiro atoms. The molecule has 0 saturated heterocycles. The number of hydrogen-bond donors (Lipinski definition) is 2. The van der Waals surface area contributed by atoms with Gasteiger partial charge in [0.05, 0.1) is 13.7 Å². The number of hydrogen-bond acceptors (Lipinski definition) is 6. The van der Waals surface area contributed by atoms with Crippen molar-refractivity contribution in [1.29, 1.82) is 0 Å². The van der Waals surface area contributed by atoms with Gasteiger partial charge in [0.2, 0.25) is 5.91 Å². The molecule has 1 heterocycles. The minimum atomic E-state index is -0.358. The third-order valence-corrected chi connectivity index (χ3v) is 3.19. The highest BCUT2D eigenvalue weighted by atomic mass is 32.1. The molecular weight excluding hydrogens is 340 g/mol. The van der Waals surface area contributed by atoms with E-state index in [1.165, 1.54) is 10.9 Å². The average molecular weight is 360 g/mol. The first kappa shape index (κ1) is 18.5. The van der Waals surface area contributed by atoms with Gasteiger partial charge in [-0.1, -0.05) is 31.1 Å². The van der Waals surface area contributed by atoms with Crippen LogP contribution in [0.3, 0.4) is 0 Å². The van der Waals surface area contributed by atoms with Gasteiger partial charge in [0, 0.05) is 6.08 Å². The Hall–Kier alpha value is -2.81. The summed E-state index contributed by atoms with van der Waals surface area (Å²) in [5.74, 6) is 1.04. The molecule has 1 aromatic heterocycles. The Bertz CT molecular complexity index is 754. The average Bonchev–Trinajstić information content (AvgIpc) is 2.99. The van der Waals surface area contributed by atoms with Crippen molar-refractivity contribution < 1.29 is 9.53 Å². The van der Waals surface area contributed by atoms with Gasteiger partial charge >= 0.3 is 0 Å². The summed E-state index contributed by atoms with van der Waals surface area (Å²) in [6, 6.07) is 7.32. The zero-order chi connectivity index (χ0) is 18.2. The van der Waals surface area contributed by atoms with E-state index in [4.69, 9.17) is 17.0 Å². The van der Waals surface area contributed by atoms with E-state index >= 15 is 0 Å². The fraction of sp³-hybridized carbons (Fsp3) is 0.312. The molecule has 1 aromatic carbocycles. The number of nitrogens with one attached hydrogen (secondary N) is 2. The van der Waals surface area contributed by atoms with Crippen LogP contribution in [0.4, 0.5) is 5.95 Å². The van der Waals surface area contributed by atoms with E-state index in [1.54, 1.807) is 13.2 Å². The quantitative estimate of drug-likeness (QED) is 0.600. The highest BCUT2D eigenvalue weighted by Gasteiger charge is 2.07. The number of carbonyl (C=O) groups excluding carboxylic acids is 1. The first-order valence-electron chi connectivity index (χ1n) is 7.68. The van der Waals surface area contributed by atoms with Crippen LogP contribution in [-0.4, -0.2) is 38.3 Å². The number of carbonyl (C=O) groups is 1. The summed E-state index contributed by atoms with van der Waals surface area (Å²) >= 11 is 5.06. The SMILES string of the molecule is COc1ccc(/C=C/C(=O)NC(=S)Nc2nnn(CC(C)C)n2)cc1. The molecule has 1 amide bonds. The summed E-state index contributed by atoms with van der Waals surface area (Å²) < 4.78 is 5.08. The zero-order valence-corrected chi connectivity index (χ0v) is 15.1. The molecule has 0 fully saturated rings. The van der Waals surface area contributed by atoms with Crippen LogP contribution in [0.1, 0.15) is 19.4 Å². The molecule has 0 unspecified atom stereocenters. The van der Waals surface area contributed by atoms with E-state index in [-0.39, 0.29) is 17.0 Å². The summed E-state index contributed by atoms with van der Waals surface area (Å²) in [6.07, 6.45) is 3.06. The molecule has 9 heteroatoms. The maximum Gasteiger partial charge on any atom is 0.269 e. The van der Waals surface area contributed by atoms with E-state index in [0.29, 0.717) is 12.5 Å². The molecule has 0 bridgehead atoms. The number of amides is 1. The Labute approximate surface area is 151 Å². The van der Waals surface area contributed by atoms with Gasteiger partial charge in [-0.2, -0.15) is 4.80 Å². The molecule has 0 aliphatic rings. The van der Waals surface area contributed by atoms with Gasteiger partial charge in [0.25, 0.3) is 5.95 Å². The number of rotatable bonds is 6. The van der Waals surface area contributed by atoms with Crippen molar-refractivity contribution in [3.63, 3.8) is 0 Å². The number of ether oxygens (including phenoxy) is 1. The van der Waals surface area contributed by atoms with Gasteiger partial charge in [-0.15, -0.1) is 5.10 Å². The highest BCUT2D eigenvalue weighted by molar-refractivity contribution is 7.80. The molecule has 0 aliphatic heterocycles. The fourth-order valence-electron chi connectivity index (χ4n) is 1.87. The van der Waals surface area contributed by atoms with Crippen molar-refractivity contribution in [3.8, 4) is 5.75 Å². The summed E-state index contributed by atoms with van der Waals surface area (Å²) in [6.45, 7) is 4.76. The van der Waals surface area contributed by atoms with Crippen molar-refractivity contribution in [2.24, 2.45) is 5.92 Å². The minimum absolute atomic E-state index is 0.105. The molecule has 2 N–H and O–H groups in total. The Morgan fingerprint density at radius 1 is 1.36 bits per heavy atom. The molecule has 0 saturated carbocycles. The molecule has 0 aliphatic carbocycles. The summed E-state index contributed by atoms with van der Waals surface area (Å²) in [5.41, 5.74) is 0.869. The maximum absolute atomic E-state index is 11.9.